The lowest BCUT2D eigenvalue weighted by atomic mass is 9.79. The van der Waals surface area contributed by atoms with Crippen molar-refractivity contribution >= 4 is 17.7 Å². The molecule has 3 fully saturated rings. The van der Waals surface area contributed by atoms with Gasteiger partial charge < -0.3 is 30.1 Å². The Labute approximate surface area is 256 Å². The molecular weight excluding hydrogens is 641 g/mol. The summed E-state index contributed by atoms with van der Waals surface area (Å²) in [7, 11) is 1.21. The number of amides is 1. The normalized spacial score (nSPS) is 30.0. The first-order chi connectivity index (χ1) is 21.1. The van der Waals surface area contributed by atoms with E-state index in [-0.39, 0.29) is 11.3 Å². The molecule has 1 aromatic carbocycles. The minimum Gasteiger partial charge on any atom is -0.394 e. The molecule has 0 radical (unpaired) electrons. The van der Waals surface area contributed by atoms with Crippen LogP contribution in [0.1, 0.15) is 44.6 Å². The monoisotopic (exact) mass is 672 g/mol. The fourth-order valence-electron chi connectivity index (χ4n) is 5.90. The number of methoxy groups -OCH3 is 1. The van der Waals surface area contributed by atoms with E-state index < -0.39 is 127 Å². The van der Waals surface area contributed by atoms with E-state index in [1.54, 1.807) is 0 Å². The highest BCUT2D eigenvalue weighted by Crippen LogP contribution is 2.47. The van der Waals surface area contributed by atoms with Crippen molar-refractivity contribution in [3.05, 3.63) is 35.8 Å². The molecule has 1 aliphatic heterocycles. The van der Waals surface area contributed by atoms with Crippen molar-refractivity contribution in [1.29, 1.82) is 0 Å². The van der Waals surface area contributed by atoms with Crippen LogP contribution in [0.4, 0.5) is 30.7 Å². The second kappa shape index (κ2) is 12.6. The number of alkyl halides is 4. The number of benzene rings is 1. The van der Waals surface area contributed by atoms with E-state index in [0.29, 0.717) is 23.9 Å². The first kappa shape index (κ1) is 33.8. The van der Waals surface area contributed by atoms with E-state index in [4.69, 9.17) is 9.47 Å². The number of nitrogens with zero attached hydrogens (tertiary/aromatic N) is 3. The highest BCUT2D eigenvalue weighted by atomic mass is 32.2. The molecule has 2 saturated carbocycles. The van der Waals surface area contributed by atoms with E-state index in [1.165, 1.54) is 13.3 Å². The van der Waals surface area contributed by atoms with Gasteiger partial charge in [-0.3, -0.25) is 4.79 Å². The standard InChI is InChI=1S/C27H31F7N4O6S/c1-43-21-19(38-10-16(36-37-38)12-6-14(28)18(30)15(29)7-12)20(40)17(11-39)44-24(21)45-22(23(41)35-13-8-27(33,34)9-13)25(42)2-4-26(31,32)5-3-25/h6-7,10,13,17,19-22,24,39-40,42H,2-5,8-9,11H2,1H3,(H,35,41)/t17-,19+,20+,21-,22-,24+/m1/s1. The average Bonchev–Trinajstić information content (AvgIpc) is 3.45. The number of rotatable bonds is 9. The van der Waals surface area contributed by atoms with Crippen LogP contribution in [0.5, 0.6) is 0 Å². The van der Waals surface area contributed by atoms with E-state index >= 15 is 0 Å². The molecule has 4 N–H and O–H groups in total. The minimum atomic E-state index is -3.08. The SMILES string of the molecule is CO[C@@H]1[C@@H](n2cc(-c3cc(F)c(F)c(F)c3)nn2)[C@@H](O)[C@@H](CO)O[C@H]1S[C@H](C(=O)NC1CC(F)(F)C1)C1(O)CCC(F)(F)CC1. The fraction of sp³-hybridized carbons (Fsp3) is 0.667. The van der Waals surface area contributed by atoms with Crippen molar-refractivity contribution in [1.82, 2.24) is 20.3 Å². The number of aromatic nitrogens is 3. The van der Waals surface area contributed by atoms with Gasteiger partial charge in [0.05, 0.1) is 18.4 Å². The summed E-state index contributed by atoms with van der Waals surface area (Å²) in [6.07, 6.45) is -6.68. The van der Waals surface area contributed by atoms with Gasteiger partial charge in [0.1, 0.15) is 40.7 Å². The van der Waals surface area contributed by atoms with Gasteiger partial charge in [0.2, 0.25) is 11.8 Å². The van der Waals surface area contributed by atoms with Gasteiger partial charge in [0.25, 0.3) is 5.92 Å². The van der Waals surface area contributed by atoms with Crippen molar-refractivity contribution in [3.63, 3.8) is 0 Å². The molecule has 5 rings (SSSR count). The molecule has 2 aromatic rings. The Morgan fingerprint density at radius 1 is 1.13 bits per heavy atom. The lowest BCUT2D eigenvalue weighted by Gasteiger charge is -2.47. The van der Waals surface area contributed by atoms with Crippen LogP contribution in [-0.2, 0) is 14.3 Å². The fourth-order valence-corrected chi connectivity index (χ4v) is 7.48. The topological polar surface area (TPSA) is 139 Å². The van der Waals surface area contributed by atoms with E-state index in [2.05, 4.69) is 15.6 Å². The third-order valence-corrected chi connectivity index (χ3v) is 10.0. The van der Waals surface area contributed by atoms with Crippen LogP contribution in [0.15, 0.2) is 18.3 Å². The quantitative estimate of drug-likeness (QED) is 0.234. The van der Waals surface area contributed by atoms with Crippen LogP contribution in [-0.4, -0.2) is 102 Å². The number of thioether (sulfide) groups is 1. The van der Waals surface area contributed by atoms with Crippen molar-refractivity contribution < 1.29 is 60.3 Å². The molecule has 45 heavy (non-hydrogen) atoms. The van der Waals surface area contributed by atoms with Crippen LogP contribution in [0.2, 0.25) is 0 Å². The summed E-state index contributed by atoms with van der Waals surface area (Å²) >= 11 is 0.650. The van der Waals surface area contributed by atoms with Gasteiger partial charge in [0, 0.05) is 44.4 Å². The second-order valence-electron chi connectivity index (χ2n) is 11.7. The maximum absolute atomic E-state index is 14.0. The first-order valence-electron chi connectivity index (χ1n) is 14.0. The second-order valence-corrected chi connectivity index (χ2v) is 12.9. The zero-order chi connectivity index (χ0) is 32.9. The van der Waals surface area contributed by atoms with Gasteiger partial charge in [0.15, 0.2) is 17.5 Å². The van der Waals surface area contributed by atoms with Crippen LogP contribution in [0.25, 0.3) is 11.3 Å². The predicted molar refractivity (Wildman–Crippen MR) is 143 cm³/mol. The van der Waals surface area contributed by atoms with Gasteiger partial charge in [-0.2, -0.15) is 0 Å². The molecule has 250 valence electrons. The smallest absolute Gasteiger partial charge is 0.252 e. The number of carbonyl (C=O) groups excluding carboxylic acids is 1. The van der Waals surface area contributed by atoms with Crippen molar-refractivity contribution in [3.8, 4) is 11.3 Å². The lowest BCUT2D eigenvalue weighted by Crippen LogP contribution is -2.60. The summed E-state index contributed by atoms with van der Waals surface area (Å²) in [5.41, 5.74) is -3.62. The third kappa shape index (κ3) is 6.95. The number of aliphatic hydroxyl groups excluding tert-OH is 2. The summed E-state index contributed by atoms with van der Waals surface area (Å²) in [4.78, 5) is 13.5. The molecule has 3 aliphatic rings. The van der Waals surface area contributed by atoms with Crippen molar-refractivity contribution in [2.45, 2.75) is 97.1 Å². The Hall–Kier alpha value is -2.51. The van der Waals surface area contributed by atoms with Crippen molar-refractivity contribution in [2.24, 2.45) is 0 Å². The summed E-state index contributed by atoms with van der Waals surface area (Å²) in [5, 5.41) is 41.3. The maximum Gasteiger partial charge on any atom is 0.252 e. The van der Waals surface area contributed by atoms with Crippen LogP contribution >= 0.6 is 11.8 Å². The highest BCUT2D eigenvalue weighted by Gasteiger charge is 2.55. The molecule has 6 atom stereocenters. The van der Waals surface area contributed by atoms with Crippen molar-refractivity contribution in [2.75, 3.05) is 13.7 Å². The number of halogens is 7. The molecule has 10 nitrogen and oxygen atoms in total. The molecule has 2 aliphatic carbocycles. The van der Waals surface area contributed by atoms with Crippen LogP contribution in [0.3, 0.4) is 0 Å². The van der Waals surface area contributed by atoms with Gasteiger partial charge in [-0.05, 0) is 25.0 Å². The molecule has 1 saturated heterocycles. The summed E-state index contributed by atoms with van der Waals surface area (Å²) in [6, 6.07) is -0.782. The maximum atomic E-state index is 14.0. The number of nitrogens with one attached hydrogen (secondary N) is 1. The average molecular weight is 673 g/mol. The summed E-state index contributed by atoms with van der Waals surface area (Å²) < 4.78 is 109. The lowest BCUT2D eigenvalue weighted by molar-refractivity contribution is -0.186. The number of hydrogen-bond donors (Lipinski definition) is 4. The molecule has 1 aromatic heterocycles. The van der Waals surface area contributed by atoms with Crippen LogP contribution in [0, 0.1) is 17.5 Å². The largest absolute Gasteiger partial charge is 0.394 e. The molecule has 18 heteroatoms. The van der Waals surface area contributed by atoms with E-state index in [0.717, 1.165) is 4.68 Å². The Bertz CT molecular complexity index is 1360. The first-order valence-corrected chi connectivity index (χ1v) is 15.0. The van der Waals surface area contributed by atoms with Gasteiger partial charge in [-0.15, -0.1) is 16.9 Å². The Morgan fingerprint density at radius 2 is 1.76 bits per heavy atom. The highest BCUT2D eigenvalue weighted by molar-refractivity contribution is 8.01. The summed E-state index contributed by atoms with van der Waals surface area (Å²) in [6.45, 7) is -0.758. The Morgan fingerprint density at radius 3 is 2.31 bits per heavy atom. The Kier molecular flexibility index (Phi) is 9.47. The zero-order valence-electron chi connectivity index (χ0n) is 23.7. The third-order valence-electron chi connectivity index (χ3n) is 8.47. The molecular formula is C27H31F7N4O6S. The predicted octanol–water partition coefficient (Wildman–Crippen LogP) is 2.95. The van der Waals surface area contributed by atoms with Crippen LogP contribution < -0.4 is 5.32 Å². The molecule has 0 unspecified atom stereocenters. The van der Waals surface area contributed by atoms with E-state index in [9.17, 15) is 50.8 Å². The van der Waals surface area contributed by atoms with Gasteiger partial charge in [-0.25, -0.2) is 35.4 Å². The number of ether oxygens (including phenoxy) is 2. The van der Waals surface area contributed by atoms with Gasteiger partial charge >= 0.3 is 0 Å². The minimum absolute atomic E-state index is 0.127. The molecule has 1 amide bonds. The van der Waals surface area contributed by atoms with E-state index in [1.807, 2.05) is 0 Å². The summed E-state index contributed by atoms with van der Waals surface area (Å²) in [5.74, 6) is -11.6. The number of carbonyl (C=O) groups is 1. The number of aliphatic hydroxyl groups is 3. The molecule has 0 spiro atoms. The molecule has 0 bridgehead atoms. The zero-order valence-corrected chi connectivity index (χ0v) is 24.5. The van der Waals surface area contributed by atoms with Gasteiger partial charge in [-0.1, -0.05) is 5.21 Å². The number of hydrogen-bond acceptors (Lipinski definition) is 9. The Balaban J connectivity index is 1.44. The molecule has 2 heterocycles.